The van der Waals surface area contributed by atoms with Crippen molar-refractivity contribution in [1.29, 1.82) is 0 Å². The maximum atomic E-state index is 13.6. The number of anilines is 3. The normalized spacial score (nSPS) is 15.3. The second-order valence-electron chi connectivity index (χ2n) is 14.5. The van der Waals surface area contributed by atoms with E-state index >= 15 is 0 Å². The zero-order valence-corrected chi connectivity index (χ0v) is 37.0. The van der Waals surface area contributed by atoms with Gasteiger partial charge in [0.25, 0.3) is 21.8 Å². The second kappa shape index (κ2) is 18.6. The Morgan fingerprint density at radius 3 is 2.56 bits per heavy atom. The summed E-state index contributed by atoms with van der Waals surface area (Å²) < 4.78 is 62.0. The number of benzene rings is 3. The third kappa shape index (κ3) is 10.4. The van der Waals surface area contributed by atoms with E-state index in [0.717, 1.165) is 58.2 Å². The van der Waals surface area contributed by atoms with Crippen LogP contribution in [0.4, 0.5) is 16.0 Å². The lowest BCUT2D eigenvalue weighted by Crippen LogP contribution is -2.39. The van der Waals surface area contributed by atoms with E-state index < -0.39 is 25.8 Å². The highest BCUT2D eigenvalue weighted by Gasteiger charge is 2.28. The van der Waals surface area contributed by atoms with Crippen molar-refractivity contribution in [2.24, 2.45) is 0 Å². The first-order chi connectivity index (χ1) is 29.4. The van der Waals surface area contributed by atoms with Crippen LogP contribution in [-0.4, -0.2) is 106 Å². The molecule has 3 aromatic heterocycles. The Labute approximate surface area is 365 Å². The molecule has 1 saturated heterocycles. The molecule has 2 amide bonds. The number of morpholine rings is 1. The van der Waals surface area contributed by atoms with Crippen molar-refractivity contribution >= 4 is 92.3 Å². The number of amides is 2. The number of carbonyl (C=O) groups is 2. The molecular formula is C41H42N8O7S5. The molecule has 8 rings (SSSR count). The van der Waals surface area contributed by atoms with Gasteiger partial charge in [-0.15, -0.1) is 23.1 Å². The number of thioether (sulfide) groups is 1. The smallest absolute Gasteiger partial charge is 0.284 e. The second-order valence-corrected chi connectivity index (χ2v) is 21.1. The van der Waals surface area contributed by atoms with Crippen LogP contribution in [0.15, 0.2) is 105 Å². The predicted octanol–water partition coefficient (Wildman–Crippen LogP) is 5.78. The number of thiazole rings is 2. The van der Waals surface area contributed by atoms with Gasteiger partial charge in [-0.3, -0.25) is 24.8 Å². The van der Waals surface area contributed by atoms with Crippen molar-refractivity contribution in [2.75, 3.05) is 66.9 Å². The number of fused-ring (bicyclic) bond motifs is 2. The van der Waals surface area contributed by atoms with Gasteiger partial charge in [0.1, 0.15) is 5.69 Å². The van der Waals surface area contributed by atoms with Gasteiger partial charge in [-0.05, 0) is 66.4 Å². The van der Waals surface area contributed by atoms with Gasteiger partial charge in [0.15, 0.2) is 20.1 Å². The predicted molar refractivity (Wildman–Crippen MR) is 239 cm³/mol. The number of carbonyl (C=O) groups excluding carboxylic acids is 2. The van der Waals surface area contributed by atoms with Crippen molar-refractivity contribution in [1.82, 2.24) is 24.6 Å². The molecule has 318 valence electrons. The van der Waals surface area contributed by atoms with Crippen molar-refractivity contribution < 1.29 is 31.2 Å². The van der Waals surface area contributed by atoms with Crippen LogP contribution in [0.2, 0.25) is 0 Å². The molecule has 0 radical (unpaired) electrons. The highest BCUT2D eigenvalue weighted by Crippen LogP contribution is 2.32. The molecule has 20 heteroatoms. The van der Waals surface area contributed by atoms with Gasteiger partial charge in [-0.1, -0.05) is 41.7 Å². The van der Waals surface area contributed by atoms with Gasteiger partial charge in [-0.2, -0.15) is 0 Å². The monoisotopic (exact) mass is 918 g/mol. The molecule has 5 heterocycles. The summed E-state index contributed by atoms with van der Waals surface area (Å²) in [5.74, 6) is -0.633. The number of ether oxygens (including phenoxy) is 1. The van der Waals surface area contributed by atoms with E-state index in [1.165, 1.54) is 40.2 Å². The number of sulfonamides is 1. The lowest BCUT2D eigenvalue weighted by molar-refractivity contribution is 0.0370. The van der Waals surface area contributed by atoms with Gasteiger partial charge < -0.3 is 15.0 Å². The van der Waals surface area contributed by atoms with E-state index in [4.69, 9.17) is 4.74 Å². The maximum absolute atomic E-state index is 13.6. The fourth-order valence-electron chi connectivity index (χ4n) is 7.09. The molecule has 3 aromatic carbocycles. The molecular weight excluding hydrogens is 877 g/mol. The number of nitrogens with zero attached hydrogens (tertiary/aromatic N) is 5. The third-order valence-electron chi connectivity index (χ3n) is 10.3. The third-order valence-corrected chi connectivity index (χ3v) is 15.7. The van der Waals surface area contributed by atoms with Crippen LogP contribution >= 0.6 is 34.4 Å². The van der Waals surface area contributed by atoms with Crippen molar-refractivity contribution in [3.8, 4) is 0 Å². The van der Waals surface area contributed by atoms with E-state index in [9.17, 15) is 26.4 Å². The summed E-state index contributed by atoms with van der Waals surface area (Å²) in [6.07, 6.45) is 5.69. The van der Waals surface area contributed by atoms with E-state index in [2.05, 4.69) is 35.2 Å². The van der Waals surface area contributed by atoms with Crippen LogP contribution in [0.3, 0.4) is 0 Å². The Morgan fingerprint density at radius 1 is 0.951 bits per heavy atom. The molecule has 0 aliphatic carbocycles. The molecule has 0 saturated carbocycles. The van der Waals surface area contributed by atoms with E-state index in [-0.39, 0.29) is 33.1 Å². The van der Waals surface area contributed by atoms with Gasteiger partial charge in [0.2, 0.25) is 0 Å². The summed E-state index contributed by atoms with van der Waals surface area (Å²) >= 11 is 4.15. The highest BCUT2D eigenvalue weighted by molar-refractivity contribution is 7.99. The number of sulfone groups is 1. The van der Waals surface area contributed by atoms with Crippen LogP contribution in [0, 0.1) is 0 Å². The Kier molecular flexibility index (Phi) is 13.0. The lowest BCUT2D eigenvalue weighted by atomic mass is 9.94. The zero-order chi connectivity index (χ0) is 42.6. The molecule has 2 aliphatic rings. The van der Waals surface area contributed by atoms with Crippen molar-refractivity contribution in [2.45, 2.75) is 40.1 Å². The summed E-state index contributed by atoms with van der Waals surface area (Å²) in [5.41, 5.74) is 3.22. The van der Waals surface area contributed by atoms with Gasteiger partial charge in [0, 0.05) is 79.0 Å². The van der Waals surface area contributed by atoms with Crippen LogP contribution in [-0.2, 0) is 37.6 Å². The van der Waals surface area contributed by atoms with Gasteiger partial charge in [0.05, 0.1) is 38.9 Å². The van der Waals surface area contributed by atoms with E-state index in [1.807, 2.05) is 47.4 Å². The summed E-state index contributed by atoms with van der Waals surface area (Å²) in [7, 11) is -8.45. The molecule has 1 fully saturated rings. The first kappa shape index (κ1) is 42.7. The van der Waals surface area contributed by atoms with Crippen LogP contribution in [0.1, 0.15) is 38.4 Å². The maximum Gasteiger partial charge on any atom is 0.284 e. The number of hydrogen-bond donors (Lipinski definition) is 3. The van der Waals surface area contributed by atoms with E-state index in [1.54, 1.807) is 36.3 Å². The SMILES string of the molecule is CS(=O)(=O)c1cc(S(=O)(=O)NC(=O)c2csc(N3CCc4cccc(C(=O)Nc5nc6ccncc6s5)c4C3)n2)ccc1N[C@H](CCN1CCOCC1)CSc1ccccc1. The number of rotatable bonds is 15. The first-order valence-corrected chi connectivity index (χ1v) is 25.4. The molecule has 1 atom stereocenters. The number of aromatic nitrogens is 3. The minimum atomic E-state index is -4.53. The summed E-state index contributed by atoms with van der Waals surface area (Å²) in [5, 5.41) is 8.71. The molecule has 0 bridgehead atoms. The fourth-order valence-corrected chi connectivity index (χ4v) is 11.7. The molecule has 6 aromatic rings. The van der Waals surface area contributed by atoms with Crippen LogP contribution < -0.4 is 20.3 Å². The fraction of sp³-hybridized carbons (Fsp3) is 0.293. The topological polar surface area (TPSA) is 193 Å². The molecule has 3 N–H and O–H groups in total. The lowest BCUT2D eigenvalue weighted by Gasteiger charge is -2.29. The Hall–Kier alpha value is -4.96. The quantitative estimate of drug-likeness (QED) is 0.105. The molecule has 0 spiro atoms. The largest absolute Gasteiger partial charge is 0.380 e. The Balaban J connectivity index is 0.949. The van der Waals surface area contributed by atoms with Crippen molar-refractivity contribution in [3.63, 3.8) is 0 Å². The number of hydrogen-bond acceptors (Lipinski definition) is 16. The minimum Gasteiger partial charge on any atom is -0.380 e. The standard InChI is InChI=1S/C41H42N8O7S5/c1-60(52,53)37-22-30(10-11-34(37)43-28(14-16-48-18-20-56-21-19-48)25-57-29-7-3-2-4-8-29)61(54,55)47-39(51)35-26-58-41(45-35)49-17-13-27-6-5-9-31(32(27)24-49)38(50)46-40-44-33-12-15-42-23-36(33)59-40/h2-12,15,22-23,26,28,43H,13-14,16-21,24-25H2,1H3,(H,47,51)(H,44,46,50)/t28-/m1/s1. The minimum absolute atomic E-state index is 0.119. The highest BCUT2D eigenvalue weighted by atomic mass is 32.2. The first-order valence-electron chi connectivity index (χ1n) is 19.4. The summed E-state index contributed by atoms with van der Waals surface area (Å²) in [6, 6.07) is 20.9. The Morgan fingerprint density at radius 2 is 1.77 bits per heavy atom. The molecule has 0 unspecified atom stereocenters. The van der Waals surface area contributed by atoms with Crippen LogP contribution in [0.25, 0.3) is 10.2 Å². The molecule has 2 aliphatic heterocycles. The number of pyridine rings is 1. The van der Waals surface area contributed by atoms with Gasteiger partial charge >= 0.3 is 0 Å². The average molecular weight is 919 g/mol. The van der Waals surface area contributed by atoms with Crippen molar-refractivity contribution in [3.05, 3.63) is 113 Å². The molecule has 61 heavy (non-hydrogen) atoms. The van der Waals surface area contributed by atoms with E-state index in [0.29, 0.717) is 60.7 Å². The summed E-state index contributed by atoms with van der Waals surface area (Å²) in [4.78, 5) is 44.8. The Bertz CT molecular complexity index is 2740. The van der Waals surface area contributed by atoms with Gasteiger partial charge in [-0.25, -0.2) is 31.5 Å². The molecule has 15 nitrogen and oxygen atoms in total. The number of nitrogens with one attached hydrogen (secondary N) is 3. The van der Waals surface area contributed by atoms with Crippen LogP contribution in [0.5, 0.6) is 0 Å². The average Bonchev–Trinajstić information content (AvgIpc) is 3.92. The summed E-state index contributed by atoms with van der Waals surface area (Å²) in [6.45, 7) is 4.61. The zero-order valence-electron chi connectivity index (χ0n) is 32.9.